The summed E-state index contributed by atoms with van der Waals surface area (Å²) in [5.74, 6) is -2.37. The summed E-state index contributed by atoms with van der Waals surface area (Å²) >= 11 is 12.2. The maximum atomic E-state index is 14.0. The first-order valence-corrected chi connectivity index (χ1v) is 13.0. The van der Waals surface area contributed by atoms with Crippen molar-refractivity contribution >= 4 is 29.2 Å². The molecule has 0 unspecified atom stereocenters. The number of halogens is 4. The number of hydrogen-bond acceptors (Lipinski definition) is 5. The van der Waals surface area contributed by atoms with Crippen LogP contribution in [-0.2, 0) is 27.1 Å². The van der Waals surface area contributed by atoms with Crippen LogP contribution in [0.25, 0.3) is 0 Å². The highest BCUT2D eigenvalue weighted by Crippen LogP contribution is 2.28. The molecule has 1 N–H and O–H groups in total. The van der Waals surface area contributed by atoms with Gasteiger partial charge in [-0.2, -0.15) is 0 Å². The Balaban J connectivity index is 1.56. The van der Waals surface area contributed by atoms with E-state index in [9.17, 15) is 18.7 Å². The van der Waals surface area contributed by atoms with Gasteiger partial charge in [-0.15, -0.1) is 0 Å². The Morgan fingerprint density at radius 2 is 1.94 bits per heavy atom. The van der Waals surface area contributed by atoms with E-state index in [0.717, 1.165) is 43.5 Å². The van der Waals surface area contributed by atoms with Crippen LogP contribution in [0.2, 0.25) is 10.0 Å². The molecule has 0 saturated carbocycles. The molecule has 0 radical (unpaired) electrons. The molecule has 2 aromatic rings. The maximum Gasteiger partial charge on any atom is 0.306 e. The van der Waals surface area contributed by atoms with Crippen molar-refractivity contribution < 1.29 is 28.2 Å². The molecular weight excluding hydrogens is 511 g/mol. The topological polar surface area (TPSA) is 59.0 Å². The molecule has 0 aliphatic carbocycles. The number of likely N-dealkylation sites (tertiary alicyclic amines) is 1. The number of carbonyl (C=O) groups is 1. The third kappa shape index (κ3) is 8.12. The highest BCUT2D eigenvalue weighted by molar-refractivity contribution is 6.42. The van der Waals surface area contributed by atoms with Crippen LogP contribution < -0.4 is 0 Å². The summed E-state index contributed by atoms with van der Waals surface area (Å²) in [5.41, 5.74) is 2.02. The van der Waals surface area contributed by atoms with Crippen molar-refractivity contribution in [2.75, 3.05) is 26.3 Å². The molecule has 0 amide bonds. The van der Waals surface area contributed by atoms with Crippen molar-refractivity contribution in [1.82, 2.24) is 4.90 Å². The number of carbonyl (C=O) groups excluding carboxylic acids is 1. The van der Waals surface area contributed by atoms with Gasteiger partial charge in [-0.25, -0.2) is 8.78 Å². The Hall–Kier alpha value is -1.77. The number of hydrogen-bond donors (Lipinski definition) is 1. The maximum absolute atomic E-state index is 14.0. The van der Waals surface area contributed by atoms with Gasteiger partial charge in [-0.1, -0.05) is 29.3 Å². The molecule has 198 valence electrons. The molecule has 2 aromatic carbocycles. The third-order valence-corrected chi connectivity index (χ3v) is 7.20. The lowest BCUT2D eigenvalue weighted by molar-refractivity contribution is -0.143. The Morgan fingerprint density at radius 1 is 1.19 bits per heavy atom. The Bertz CT molecular complexity index is 1040. The molecule has 36 heavy (non-hydrogen) atoms. The van der Waals surface area contributed by atoms with Gasteiger partial charge in [-0.3, -0.25) is 9.69 Å². The van der Waals surface area contributed by atoms with E-state index in [-0.39, 0.29) is 32.1 Å². The second-order valence-corrected chi connectivity index (χ2v) is 9.96. The van der Waals surface area contributed by atoms with Crippen LogP contribution in [0, 0.1) is 11.6 Å². The number of benzene rings is 2. The first-order chi connectivity index (χ1) is 17.2. The highest BCUT2D eigenvalue weighted by atomic mass is 35.5. The molecule has 5 nitrogen and oxygen atoms in total. The van der Waals surface area contributed by atoms with E-state index in [1.54, 1.807) is 19.9 Å². The van der Waals surface area contributed by atoms with E-state index >= 15 is 0 Å². The smallest absolute Gasteiger partial charge is 0.306 e. The number of aryl methyl sites for hydroxylation is 1. The SMILES string of the molecule is CCOC(=O)CCc1cc(F)c(F)cc1[C@@H](C)OC[C@H](O)CN1CCC[C@H]1Cc1ccc(Cl)c(Cl)c1. The molecule has 1 heterocycles. The summed E-state index contributed by atoms with van der Waals surface area (Å²) in [4.78, 5) is 14.0. The van der Waals surface area contributed by atoms with Gasteiger partial charge in [0.05, 0.1) is 35.5 Å². The lowest BCUT2D eigenvalue weighted by Crippen LogP contribution is -2.39. The number of aliphatic hydroxyl groups excluding tert-OH is 1. The lowest BCUT2D eigenvalue weighted by atomic mass is 9.98. The van der Waals surface area contributed by atoms with Crippen LogP contribution in [0.5, 0.6) is 0 Å². The molecule has 3 atom stereocenters. The largest absolute Gasteiger partial charge is 0.466 e. The fourth-order valence-corrected chi connectivity index (χ4v) is 4.96. The number of rotatable bonds is 12. The standard InChI is InChI=1S/C27H33Cl2F2NO4/c1-3-35-27(34)9-7-19-13-25(30)26(31)14-22(19)17(2)36-16-21(33)15-32-10-4-5-20(32)11-18-6-8-23(28)24(29)12-18/h6,8,12-14,17,20-21,33H,3-5,7,9-11,15-16H2,1-2H3/t17-,20+,21-/m1/s1. The number of ether oxygens (including phenoxy) is 2. The van der Waals surface area contributed by atoms with Crippen LogP contribution in [0.3, 0.4) is 0 Å². The summed E-state index contributed by atoms with van der Waals surface area (Å²) in [5, 5.41) is 11.7. The minimum Gasteiger partial charge on any atom is -0.466 e. The van der Waals surface area contributed by atoms with Crippen molar-refractivity contribution in [3.05, 3.63) is 68.7 Å². The third-order valence-electron chi connectivity index (χ3n) is 6.46. The summed E-state index contributed by atoms with van der Waals surface area (Å²) < 4.78 is 38.7. The summed E-state index contributed by atoms with van der Waals surface area (Å²) in [6.45, 7) is 5.03. The second-order valence-electron chi connectivity index (χ2n) is 9.14. The predicted molar refractivity (Wildman–Crippen MR) is 136 cm³/mol. The molecule has 1 aliphatic rings. The molecular formula is C27H33Cl2F2NO4. The van der Waals surface area contributed by atoms with Crippen LogP contribution >= 0.6 is 23.2 Å². The van der Waals surface area contributed by atoms with Crippen molar-refractivity contribution in [3.63, 3.8) is 0 Å². The fraction of sp³-hybridized carbons (Fsp3) is 0.519. The van der Waals surface area contributed by atoms with Crippen molar-refractivity contribution in [2.45, 2.75) is 64.2 Å². The van der Waals surface area contributed by atoms with Gasteiger partial charge in [-0.05, 0) is 87.0 Å². The van der Waals surface area contributed by atoms with Crippen molar-refractivity contribution in [3.8, 4) is 0 Å². The van der Waals surface area contributed by atoms with Gasteiger partial charge < -0.3 is 14.6 Å². The fourth-order valence-electron chi connectivity index (χ4n) is 4.64. The monoisotopic (exact) mass is 543 g/mol. The molecule has 1 aliphatic heterocycles. The lowest BCUT2D eigenvalue weighted by Gasteiger charge is -2.28. The molecule has 0 bridgehead atoms. The predicted octanol–water partition coefficient (Wildman–Crippen LogP) is 5.91. The zero-order valence-corrected chi connectivity index (χ0v) is 22.1. The van der Waals surface area contributed by atoms with Crippen molar-refractivity contribution in [1.29, 1.82) is 0 Å². The number of aliphatic hydroxyl groups is 1. The molecule has 1 saturated heterocycles. The molecule has 1 fully saturated rings. The van der Waals surface area contributed by atoms with E-state index in [1.165, 1.54) is 0 Å². The van der Waals surface area contributed by atoms with E-state index in [4.69, 9.17) is 32.7 Å². The van der Waals surface area contributed by atoms with Crippen molar-refractivity contribution in [2.24, 2.45) is 0 Å². The average Bonchev–Trinajstić information content (AvgIpc) is 3.26. The first kappa shape index (κ1) is 28.8. The highest BCUT2D eigenvalue weighted by Gasteiger charge is 2.27. The van der Waals surface area contributed by atoms with Gasteiger partial charge >= 0.3 is 5.97 Å². The summed E-state index contributed by atoms with van der Waals surface area (Å²) in [6, 6.07) is 8.10. The normalized spacial score (nSPS) is 17.8. The molecule has 9 heteroatoms. The van der Waals surface area contributed by atoms with Crippen LogP contribution in [0.4, 0.5) is 8.78 Å². The van der Waals surface area contributed by atoms with Gasteiger partial charge in [0, 0.05) is 19.0 Å². The van der Waals surface area contributed by atoms with E-state index in [0.29, 0.717) is 27.7 Å². The van der Waals surface area contributed by atoms with Crippen LogP contribution in [-0.4, -0.2) is 54.4 Å². The molecule has 0 aromatic heterocycles. The zero-order valence-electron chi connectivity index (χ0n) is 20.6. The number of β-amino-alcohol motifs (C(OH)–C–C–N with tert-alkyl or cyclic N) is 1. The summed E-state index contributed by atoms with van der Waals surface area (Å²) in [7, 11) is 0. The zero-order chi connectivity index (χ0) is 26.2. The Labute approximate surface area is 221 Å². The van der Waals surface area contributed by atoms with E-state index < -0.39 is 29.8 Å². The molecule has 3 rings (SSSR count). The average molecular weight is 544 g/mol. The van der Waals surface area contributed by atoms with E-state index in [1.807, 2.05) is 12.1 Å². The number of nitrogens with zero attached hydrogens (tertiary/aromatic N) is 1. The van der Waals surface area contributed by atoms with Crippen LogP contribution in [0.1, 0.15) is 55.9 Å². The number of esters is 1. The van der Waals surface area contributed by atoms with Gasteiger partial charge in [0.1, 0.15) is 0 Å². The van der Waals surface area contributed by atoms with Gasteiger partial charge in [0.25, 0.3) is 0 Å². The second kappa shape index (κ2) is 13.7. The Kier molecular flexibility index (Phi) is 10.9. The van der Waals surface area contributed by atoms with Crippen LogP contribution in [0.15, 0.2) is 30.3 Å². The van der Waals surface area contributed by atoms with Gasteiger partial charge in [0.15, 0.2) is 11.6 Å². The van der Waals surface area contributed by atoms with Gasteiger partial charge in [0.2, 0.25) is 0 Å². The van der Waals surface area contributed by atoms with E-state index in [2.05, 4.69) is 4.90 Å². The summed E-state index contributed by atoms with van der Waals surface area (Å²) in [6.07, 6.45) is 1.76. The quantitative estimate of drug-likeness (QED) is 0.337. The Morgan fingerprint density at radius 3 is 2.67 bits per heavy atom. The molecule has 0 spiro atoms. The minimum absolute atomic E-state index is 0.0352. The first-order valence-electron chi connectivity index (χ1n) is 12.3. The minimum atomic E-state index is -0.983.